The zero-order valence-electron chi connectivity index (χ0n) is 17.5. The van der Waals surface area contributed by atoms with Gasteiger partial charge in [-0.2, -0.15) is 0 Å². The van der Waals surface area contributed by atoms with Crippen molar-refractivity contribution in [3.63, 3.8) is 0 Å². The quantitative estimate of drug-likeness (QED) is 0.573. The van der Waals surface area contributed by atoms with Crippen molar-refractivity contribution >= 4 is 11.4 Å². The van der Waals surface area contributed by atoms with E-state index >= 15 is 0 Å². The molecule has 0 aromatic carbocycles. The number of fused-ring (bicyclic) bond motifs is 1. The topological polar surface area (TPSA) is 89.2 Å². The molecule has 0 aliphatic heterocycles. The molecule has 2 aromatic heterocycles. The summed E-state index contributed by atoms with van der Waals surface area (Å²) in [5.74, 6) is 0. The molecule has 0 saturated carbocycles. The van der Waals surface area contributed by atoms with Crippen LogP contribution in [-0.4, -0.2) is 45.3 Å². The molecule has 1 unspecified atom stereocenters. The van der Waals surface area contributed by atoms with Crippen LogP contribution >= 0.6 is 0 Å². The third-order valence-electron chi connectivity index (χ3n) is 4.64. The van der Waals surface area contributed by atoms with E-state index in [1.54, 1.807) is 6.92 Å². The van der Waals surface area contributed by atoms with Crippen molar-refractivity contribution in [2.45, 2.75) is 52.6 Å². The Morgan fingerprint density at radius 2 is 1.83 bits per heavy atom. The van der Waals surface area contributed by atoms with E-state index in [1.165, 1.54) is 5.56 Å². The van der Waals surface area contributed by atoms with Crippen molar-refractivity contribution in [2.75, 3.05) is 13.2 Å². The molecule has 154 valence electrons. The highest BCUT2D eigenvalue weighted by atomic mass is 16.7. The highest BCUT2D eigenvalue weighted by molar-refractivity contribution is 6.00. The second-order valence-electron chi connectivity index (χ2n) is 7.74. The normalized spacial score (nSPS) is 17.6. The molecule has 0 fully saturated rings. The second kappa shape index (κ2) is 9.13. The minimum absolute atomic E-state index is 0.00505. The van der Waals surface area contributed by atoms with E-state index in [4.69, 9.17) is 9.68 Å². The first kappa shape index (κ1) is 20.9. The van der Waals surface area contributed by atoms with Crippen molar-refractivity contribution < 1.29 is 14.8 Å². The first-order valence-electron chi connectivity index (χ1n) is 9.83. The Labute approximate surface area is 171 Å². The van der Waals surface area contributed by atoms with E-state index in [0.717, 1.165) is 47.7 Å². The summed E-state index contributed by atoms with van der Waals surface area (Å²) in [5.41, 5.74) is 4.93. The summed E-state index contributed by atoms with van der Waals surface area (Å²) >= 11 is 0. The van der Waals surface area contributed by atoms with Gasteiger partial charge in [-0.15, -0.1) is 0 Å². The summed E-state index contributed by atoms with van der Waals surface area (Å²) in [6.07, 6.45) is 2.83. The average Bonchev–Trinajstić information content (AvgIpc) is 2.68. The Morgan fingerprint density at radius 1 is 1.07 bits per heavy atom. The first-order chi connectivity index (χ1) is 13.8. The summed E-state index contributed by atoms with van der Waals surface area (Å²) in [6, 6.07) is 9.81. The lowest BCUT2D eigenvalue weighted by Crippen LogP contribution is -2.35. The van der Waals surface area contributed by atoms with Gasteiger partial charge >= 0.3 is 0 Å². The van der Waals surface area contributed by atoms with E-state index in [9.17, 15) is 5.11 Å². The maximum atomic E-state index is 10.5. The molecule has 29 heavy (non-hydrogen) atoms. The maximum Gasteiger partial charge on any atom is 0.149 e. The lowest BCUT2D eigenvalue weighted by atomic mass is 9.94. The smallest absolute Gasteiger partial charge is 0.149 e. The SMILES string of the molecule is C/C(=N\OCC(C)(O)CO/N=C1\CCCc2ccc(C)nc21)c1cccc(C)n1. The standard InChI is InChI=1S/C22H28N4O3/c1-15-7-5-9-19(23-15)17(3)25-28-13-22(4,27)14-29-26-20-10-6-8-18-12-11-16(2)24-21(18)20/h5,7,9,11-12,27H,6,8,10,13-14H2,1-4H3/b25-17+,26-20+. The van der Waals surface area contributed by atoms with Crippen LogP contribution < -0.4 is 0 Å². The Hall–Kier alpha value is -2.80. The fourth-order valence-electron chi connectivity index (χ4n) is 3.04. The largest absolute Gasteiger partial charge is 0.392 e. The van der Waals surface area contributed by atoms with Crippen LogP contribution in [0.3, 0.4) is 0 Å². The molecule has 0 amide bonds. The lowest BCUT2D eigenvalue weighted by Gasteiger charge is -2.21. The molecule has 0 saturated heterocycles. The van der Waals surface area contributed by atoms with Gasteiger partial charge in [-0.25, -0.2) is 0 Å². The van der Waals surface area contributed by atoms with E-state index in [1.807, 2.05) is 45.0 Å². The molecule has 7 heteroatoms. The van der Waals surface area contributed by atoms with Gasteiger partial charge in [-0.05, 0) is 70.7 Å². The van der Waals surface area contributed by atoms with Gasteiger partial charge in [0.2, 0.25) is 0 Å². The highest BCUT2D eigenvalue weighted by Gasteiger charge is 2.24. The van der Waals surface area contributed by atoms with Crippen LogP contribution in [0.15, 0.2) is 40.6 Å². The van der Waals surface area contributed by atoms with Gasteiger partial charge in [0.1, 0.15) is 30.2 Å². The summed E-state index contributed by atoms with van der Waals surface area (Å²) in [4.78, 5) is 19.8. The summed E-state index contributed by atoms with van der Waals surface area (Å²) in [6.45, 7) is 7.30. The van der Waals surface area contributed by atoms with E-state index < -0.39 is 5.60 Å². The molecule has 2 heterocycles. The van der Waals surface area contributed by atoms with Crippen molar-refractivity contribution in [1.29, 1.82) is 0 Å². The van der Waals surface area contributed by atoms with Crippen LogP contribution in [0.25, 0.3) is 0 Å². The predicted octanol–water partition coefficient (Wildman–Crippen LogP) is 3.34. The van der Waals surface area contributed by atoms with Gasteiger partial charge in [-0.1, -0.05) is 22.4 Å². The summed E-state index contributed by atoms with van der Waals surface area (Å²) in [5, 5.41) is 18.8. The summed E-state index contributed by atoms with van der Waals surface area (Å²) < 4.78 is 0. The Bertz CT molecular complexity index is 922. The average molecular weight is 396 g/mol. The van der Waals surface area contributed by atoms with Gasteiger partial charge in [-0.3, -0.25) is 9.97 Å². The first-order valence-corrected chi connectivity index (χ1v) is 9.83. The second-order valence-corrected chi connectivity index (χ2v) is 7.74. The van der Waals surface area contributed by atoms with E-state index in [2.05, 4.69) is 26.3 Å². The number of oxime groups is 2. The van der Waals surface area contributed by atoms with Gasteiger partial charge in [0.15, 0.2) is 0 Å². The number of hydrogen-bond donors (Lipinski definition) is 1. The van der Waals surface area contributed by atoms with Crippen molar-refractivity contribution in [3.8, 4) is 0 Å². The van der Waals surface area contributed by atoms with E-state index in [-0.39, 0.29) is 13.2 Å². The third-order valence-corrected chi connectivity index (χ3v) is 4.64. The zero-order chi connectivity index (χ0) is 20.9. The zero-order valence-corrected chi connectivity index (χ0v) is 17.5. The van der Waals surface area contributed by atoms with Gasteiger partial charge in [0, 0.05) is 11.4 Å². The molecule has 3 rings (SSSR count). The van der Waals surface area contributed by atoms with Gasteiger partial charge in [0.05, 0.1) is 11.4 Å². The minimum atomic E-state index is -1.23. The fraction of sp³-hybridized carbons (Fsp3) is 0.455. The molecule has 1 N–H and O–H groups in total. The van der Waals surface area contributed by atoms with Crippen LogP contribution in [0.1, 0.15) is 55.0 Å². The third kappa shape index (κ3) is 5.84. The highest BCUT2D eigenvalue weighted by Crippen LogP contribution is 2.21. The van der Waals surface area contributed by atoms with Gasteiger partial charge < -0.3 is 14.8 Å². The number of hydrogen-bond acceptors (Lipinski definition) is 7. The molecule has 0 radical (unpaired) electrons. The monoisotopic (exact) mass is 396 g/mol. The molecule has 7 nitrogen and oxygen atoms in total. The Morgan fingerprint density at radius 3 is 2.62 bits per heavy atom. The lowest BCUT2D eigenvalue weighted by molar-refractivity contribution is -0.0832. The molecule has 0 bridgehead atoms. The van der Waals surface area contributed by atoms with E-state index in [0.29, 0.717) is 5.71 Å². The number of nitrogens with zero attached hydrogens (tertiary/aromatic N) is 4. The molecule has 1 atom stereocenters. The van der Waals surface area contributed by atoms with Crippen LogP contribution in [-0.2, 0) is 16.1 Å². The fourth-order valence-corrected chi connectivity index (χ4v) is 3.04. The van der Waals surface area contributed by atoms with Crippen molar-refractivity contribution in [3.05, 3.63) is 58.7 Å². The molecule has 1 aliphatic carbocycles. The number of pyridine rings is 2. The van der Waals surface area contributed by atoms with Crippen molar-refractivity contribution in [2.24, 2.45) is 10.3 Å². The van der Waals surface area contributed by atoms with Crippen LogP contribution in [0.4, 0.5) is 0 Å². The Kier molecular flexibility index (Phi) is 6.59. The number of aliphatic hydroxyl groups is 1. The number of aryl methyl sites for hydroxylation is 3. The molecular formula is C22H28N4O3. The molecule has 2 aromatic rings. The van der Waals surface area contributed by atoms with Crippen molar-refractivity contribution in [1.82, 2.24) is 9.97 Å². The molecule has 1 aliphatic rings. The van der Waals surface area contributed by atoms with Gasteiger partial charge in [0.25, 0.3) is 0 Å². The number of aromatic nitrogens is 2. The minimum Gasteiger partial charge on any atom is -0.392 e. The molecular weight excluding hydrogens is 368 g/mol. The van der Waals surface area contributed by atoms with Crippen LogP contribution in [0.2, 0.25) is 0 Å². The van der Waals surface area contributed by atoms with Crippen LogP contribution in [0, 0.1) is 13.8 Å². The van der Waals surface area contributed by atoms with Crippen LogP contribution in [0.5, 0.6) is 0 Å². The number of rotatable bonds is 7. The maximum absolute atomic E-state index is 10.5. The Balaban J connectivity index is 1.55. The summed E-state index contributed by atoms with van der Waals surface area (Å²) in [7, 11) is 0. The predicted molar refractivity (Wildman–Crippen MR) is 112 cm³/mol. The molecule has 0 spiro atoms.